The Labute approximate surface area is 249 Å². The summed E-state index contributed by atoms with van der Waals surface area (Å²) in [7, 11) is -3.94. The molecule has 1 fully saturated rings. The number of fused-ring (bicyclic) bond motifs is 1. The molecule has 3 aromatic rings. The third kappa shape index (κ3) is 7.04. The van der Waals surface area contributed by atoms with Crippen molar-refractivity contribution >= 4 is 59.7 Å². The van der Waals surface area contributed by atoms with Crippen molar-refractivity contribution < 1.29 is 22.8 Å². The number of carbonyl (C=O) groups excluding carboxylic acids is 3. The lowest BCUT2D eigenvalue weighted by Gasteiger charge is -2.23. The van der Waals surface area contributed by atoms with Crippen molar-refractivity contribution in [2.45, 2.75) is 83.3 Å². The number of sulfonamides is 1. The van der Waals surface area contributed by atoms with Gasteiger partial charge in [0.1, 0.15) is 6.04 Å². The number of pyridine rings is 1. The molecule has 1 aliphatic rings. The van der Waals surface area contributed by atoms with Crippen LogP contribution in [0.3, 0.4) is 0 Å². The smallest absolute Gasteiger partial charge is 0.262 e. The van der Waals surface area contributed by atoms with Gasteiger partial charge in [-0.25, -0.2) is 13.4 Å². The molecular formula is C29H38N4O5S3. The fourth-order valence-electron chi connectivity index (χ4n) is 4.77. The van der Waals surface area contributed by atoms with Gasteiger partial charge in [0.15, 0.2) is 10.8 Å². The van der Waals surface area contributed by atoms with Crippen LogP contribution in [0.4, 0.5) is 0 Å². The van der Waals surface area contributed by atoms with Crippen molar-refractivity contribution in [3.63, 3.8) is 0 Å². The van der Waals surface area contributed by atoms with Crippen LogP contribution in [-0.2, 0) is 25.0 Å². The lowest BCUT2D eigenvalue weighted by atomic mass is 9.95. The van der Waals surface area contributed by atoms with Crippen molar-refractivity contribution in [3.05, 3.63) is 45.8 Å². The number of nitrogens with zero attached hydrogens (tertiary/aromatic N) is 2. The maximum Gasteiger partial charge on any atom is 0.262 e. The number of hydrogen-bond donors (Lipinski definition) is 2. The fraction of sp³-hybridized carbons (Fsp3) is 0.517. The molecule has 1 saturated heterocycles. The average Bonchev–Trinajstić information content (AvgIpc) is 3.40. The maximum absolute atomic E-state index is 13.4. The van der Waals surface area contributed by atoms with E-state index in [1.54, 1.807) is 23.5 Å². The van der Waals surface area contributed by atoms with E-state index < -0.39 is 33.8 Å². The number of nitrogens with one attached hydrogen (secondary N) is 2. The molecule has 1 unspecified atom stereocenters. The molecule has 0 saturated carbocycles. The summed E-state index contributed by atoms with van der Waals surface area (Å²) >= 11 is 3.12. The number of hydrogen-bond acceptors (Lipinski definition) is 8. The molecule has 9 nitrogen and oxygen atoms in total. The lowest BCUT2D eigenvalue weighted by Crippen LogP contribution is -2.52. The Balaban J connectivity index is 1.46. The van der Waals surface area contributed by atoms with Crippen molar-refractivity contribution in [1.29, 1.82) is 0 Å². The van der Waals surface area contributed by atoms with Gasteiger partial charge in [-0.05, 0) is 61.3 Å². The molecule has 2 atom stereocenters. The van der Waals surface area contributed by atoms with Crippen LogP contribution in [0.2, 0.25) is 0 Å². The molecular weight excluding hydrogens is 581 g/mol. The largest absolute Gasteiger partial charge is 0.344 e. The molecule has 12 heteroatoms. The molecule has 4 rings (SSSR count). The van der Waals surface area contributed by atoms with Crippen LogP contribution in [0, 0.1) is 12.8 Å². The zero-order valence-electron chi connectivity index (χ0n) is 24.3. The average molecular weight is 619 g/mol. The van der Waals surface area contributed by atoms with E-state index in [-0.39, 0.29) is 35.4 Å². The molecule has 3 aromatic heterocycles. The highest BCUT2D eigenvalue weighted by molar-refractivity contribution is 7.89. The van der Waals surface area contributed by atoms with E-state index in [2.05, 4.69) is 42.5 Å². The second-order valence-electron chi connectivity index (χ2n) is 11.9. The minimum atomic E-state index is -3.94. The van der Waals surface area contributed by atoms with Crippen molar-refractivity contribution in [3.8, 4) is 0 Å². The van der Waals surface area contributed by atoms with E-state index >= 15 is 0 Å². The SMILES string of the molecule is Cc1c(C(=O)N[C@@H](CC(C)C)C(=O)NC2CCCN(S(=O)(=O)c3ccccn3)CC2=O)sc2cc(C(C)(C)C)sc12. The summed E-state index contributed by atoms with van der Waals surface area (Å²) in [5.41, 5.74) is 0.924. The van der Waals surface area contributed by atoms with Gasteiger partial charge in [-0.15, -0.1) is 22.7 Å². The van der Waals surface area contributed by atoms with E-state index in [1.165, 1.54) is 28.5 Å². The number of rotatable bonds is 8. The van der Waals surface area contributed by atoms with E-state index in [4.69, 9.17) is 0 Å². The molecule has 2 amide bonds. The van der Waals surface area contributed by atoms with Crippen molar-refractivity contribution in [2.75, 3.05) is 13.1 Å². The zero-order chi connectivity index (χ0) is 30.1. The van der Waals surface area contributed by atoms with E-state index in [0.29, 0.717) is 24.1 Å². The lowest BCUT2D eigenvalue weighted by molar-refractivity contribution is -0.129. The van der Waals surface area contributed by atoms with Gasteiger partial charge in [-0.1, -0.05) is 40.7 Å². The standard InChI is InChI=1S/C29H38N4O5S3/c1-17(2)14-20(32-28(36)26-18(3)25-22(39-26)15-23(40-25)29(4,5)6)27(35)31-19-10-9-13-33(16-21(19)34)41(37,38)24-11-7-8-12-30-24/h7-8,11-12,15,17,19-20H,9-10,13-14,16H2,1-6H3,(H,31,35)(H,32,36)/t19?,20-/m0/s1. The first kappa shape index (κ1) is 31.3. The molecule has 41 heavy (non-hydrogen) atoms. The first-order valence-electron chi connectivity index (χ1n) is 13.8. The molecule has 0 spiro atoms. The molecule has 0 bridgehead atoms. The normalized spacial score (nSPS) is 17.9. The van der Waals surface area contributed by atoms with Crippen LogP contribution in [0.15, 0.2) is 35.5 Å². The topological polar surface area (TPSA) is 126 Å². The Hall–Kier alpha value is -2.67. The number of aromatic nitrogens is 1. The van der Waals surface area contributed by atoms with E-state index in [0.717, 1.165) is 19.3 Å². The van der Waals surface area contributed by atoms with Gasteiger partial charge in [-0.2, -0.15) is 4.31 Å². The molecule has 0 radical (unpaired) electrons. The Morgan fingerprint density at radius 1 is 1.20 bits per heavy atom. The highest BCUT2D eigenvalue weighted by Crippen LogP contribution is 2.41. The summed E-state index contributed by atoms with van der Waals surface area (Å²) in [5, 5.41) is 5.60. The summed E-state index contributed by atoms with van der Waals surface area (Å²) in [6.45, 7) is 12.1. The minimum Gasteiger partial charge on any atom is -0.344 e. The molecule has 0 aromatic carbocycles. The summed E-state index contributed by atoms with van der Waals surface area (Å²) in [6.07, 6.45) is 2.48. The number of thiophene rings is 2. The van der Waals surface area contributed by atoms with E-state index in [9.17, 15) is 22.8 Å². The summed E-state index contributed by atoms with van der Waals surface area (Å²) < 4.78 is 29.3. The number of Topliss-reactive ketones (excluding diaryl/α,β-unsaturated/α-hetero) is 1. The summed E-state index contributed by atoms with van der Waals surface area (Å²) in [5.74, 6) is -1.04. The maximum atomic E-state index is 13.4. The van der Waals surface area contributed by atoms with Crippen molar-refractivity contribution in [1.82, 2.24) is 19.9 Å². The van der Waals surface area contributed by atoms with Crippen molar-refractivity contribution in [2.24, 2.45) is 5.92 Å². The second-order valence-corrected chi connectivity index (χ2v) is 15.9. The Morgan fingerprint density at radius 2 is 1.93 bits per heavy atom. The number of amides is 2. The Morgan fingerprint density at radius 3 is 2.54 bits per heavy atom. The first-order chi connectivity index (χ1) is 19.2. The van der Waals surface area contributed by atoms with Gasteiger partial charge in [0.25, 0.3) is 15.9 Å². The predicted octanol–water partition coefficient (Wildman–Crippen LogP) is 4.65. The third-order valence-corrected chi connectivity index (χ3v) is 11.9. The minimum absolute atomic E-state index is 0.0216. The van der Waals surface area contributed by atoms with Crippen LogP contribution < -0.4 is 10.6 Å². The van der Waals surface area contributed by atoms with E-state index in [1.807, 2.05) is 20.8 Å². The Kier molecular flexibility index (Phi) is 9.37. The highest BCUT2D eigenvalue weighted by Gasteiger charge is 2.35. The number of carbonyl (C=O) groups is 3. The Bertz CT molecular complexity index is 1540. The van der Waals surface area contributed by atoms with Crippen LogP contribution >= 0.6 is 22.7 Å². The molecule has 0 aliphatic carbocycles. The van der Waals surface area contributed by atoms with Crippen LogP contribution in [-0.4, -0.2) is 60.5 Å². The number of aryl methyl sites for hydroxylation is 1. The summed E-state index contributed by atoms with van der Waals surface area (Å²) in [4.78, 5) is 45.7. The highest BCUT2D eigenvalue weighted by atomic mass is 32.2. The van der Waals surface area contributed by atoms with Gasteiger partial charge in [0.05, 0.1) is 17.5 Å². The van der Waals surface area contributed by atoms with Gasteiger partial charge < -0.3 is 10.6 Å². The molecule has 4 heterocycles. The van der Waals surface area contributed by atoms with Gasteiger partial charge in [-0.3, -0.25) is 14.4 Å². The molecule has 1 aliphatic heterocycles. The third-order valence-electron chi connectivity index (χ3n) is 7.05. The van der Waals surface area contributed by atoms with Gasteiger partial charge in [0.2, 0.25) is 5.91 Å². The predicted molar refractivity (Wildman–Crippen MR) is 163 cm³/mol. The zero-order valence-corrected chi connectivity index (χ0v) is 26.8. The van der Waals surface area contributed by atoms with Crippen LogP contribution in [0.1, 0.15) is 74.0 Å². The number of ketones is 1. The van der Waals surface area contributed by atoms with Gasteiger partial charge in [0, 0.05) is 27.0 Å². The second kappa shape index (κ2) is 12.3. The quantitative estimate of drug-likeness (QED) is 0.379. The van der Waals surface area contributed by atoms with Crippen LogP contribution in [0.5, 0.6) is 0 Å². The fourth-order valence-corrected chi connectivity index (χ4v) is 8.70. The van der Waals surface area contributed by atoms with Crippen LogP contribution in [0.25, 0.3) is 9.40 Å². The molecule has 222 valence electrons. The molecule has 2 N–H and O–H groups in total. The first-order valence-corrected chi connectivity index (χ1v) is 16.8. The summed E-state index contributed by atoms with van der Waals surface area (Å²) in [6, 6.07) is 5.05. The van der Waals surface area contributed by atoms with Gasteiger partial charge >= 0.3 is 0 Å². The monoisotopic (exact) mass is 618 g/mol.